The van der Waals surface area contributed by atoms with E-state index in [-0.39, 0.29) is 5.92 Å². The summed E-state index contributed by atoms with van der Waals surface area (Å²) in [5.74, 6) is -3.76. The number of carboxylic acid groups (broad SMARTS) is 2. The van der Waals surface area contributed by atoms with E-state index in [1.165, 1.54) is 6.92 Å². The van der Waals surface area contributed by atoms with Gasteiger partial charge in [-0.1, -0.05) is 32.1 Å². The third kappa shape index (κ3) is 7.51. The lowest BCUT2D eigenvalue weighted by molar-refractivity contribution is -0.143. The number of aliphatic carboxylic acids is 2. The smallest absolute Gasteiger partial charge is 0.326 e. The Morgan fingerprint density at radius 3 is 2.04 bits per heavy atom. The second kappa shape index (κ2) is 9.97. The first kappa shape index (κ1) is 20.9. The van der Waals surface area contributed by atoms with Gasteiger partial charge in [-0.25, -0.2) is 4.79 Å². The van der Waals surface area contributed by atoms with Gasteiger partial charge in [-0.2, -0.15) is 0 Å². The number of rotatable bonds is 9. The fourth-order valence-corrected chi connectivity index (χ4v) is 2.94. The van der Waals surface area contributed by atoms with Gasteiger partial charge in [-0.3, -0.25) is 14.4 Å². The van der Waals surface area contributed by atoms with Crippen LogP contribution in [0.2, 0.25) is 0 Å². The summed E-state index contributed by atoms with van der Waals surface area (Å²) in [4.78, 5) is 46.3. The summed E-state index contributed by atoms with van der Waals surface area (Å²) in [6.45, 7) is 1.40. The van der Waals surface area contributed by atoms with Crippen LogP contribution < -0.4 is 16.4 Å². The van der Waals surface area contributed by atoms with E-state index in [0.717, 1.165) is 32.1 Å². The molecule has 0 aromatic rings. The van der Waals surface area contributed by atoms with Crippen molar-refractivity contribution in [1.82, 2.24) is 10.6 Å². The Kier molecular flexibility index (Phi) is 8.33. The highest BCUT2D eigenvalue weighted by Crippen LogP contribution is 2.27. The summed E-state index contributed by atoms with van der Waals surface area (Å²) < 4.78 is 0. The van der Waals surface area contributed by atoms with E-state index in [2.05, 4.69) is 10.6 Å². The average Bonchev–Trinajstić information content (AvgIpc) is 2.53. The fraction of sp³-hybridized carbons (Fsp3) is 0.750. The summed E-state index contributed by atoms with van der Waals surface area (Å²) in [6, 6.07) is -3.40. The van der Waals surface area contributed by atoms with Crippen molar-refractivity contribution in [2.24, 2.45) is 11.7 Å². The molecule has 0 heterocycles. The largest absolute Gasteiger partial charge is 0.481 e. The lowest BCUT2D eigenvalue weighted by Crippen LogP contribution is -2.54. The number of amides is 2. The Labute approximate surface area is 146 Å². The lowest BCUT2D eigenvalue weighted by atomic mass is 9.85. The molecule has 0 spiro atoms. The Morgan fingerprint density at radius 1 is 1.00 bits per heavy atom. The molecule has 9 nitrogen and oxygen atoms in total. The molecule has 1 fully saturated rings. The summed E-state index contributed by atoms with van der Waals surface area (Å²) >= 11 is 0. The van der Waals surface area contributed by atoms with Crippen LogP contribution in [0.5, 0.6) is 0 Å². The van der Waals surface area contributed by atoms with Crippen molar-refractivity contribution in [3.05, 3.63) is 0 Å². The number of carbonyl (C=O) groups excluding carboxylic acids is 2. The minimum Gasteiger partial charge on any atom is -0.481 e. The minimum absolute atomic E-state index is 0.215. The van der Waals surface area contributed by atoms with Gasteiger partial charge in [-0.05, 0) is 19.3 Å². The van der Waals surface area contributed by atoms with E-state index in [0.29, 0.717) is 6.42 Å². The van der Waals surface area contributed by atoms with Crippen LogP contribution in [0.15, 0.2) is 0 Å². The molecule has 1 rings (SSSR count). The zero-order valence-electron chi connectivity index (χ0n) is 14.4. The molecular formula is C16H27N3O6. The second-order valence-electron chi connectivity index (χ2n) is 6.59. The maximum atomic E-state index is 12.3. The number of nitrogens with two attached hydrogens (primary N) is 1. The maximum Gasteiger partial charge on any atom is 0.326 e. The van der Waals surface area contributed by atoms with E-state index < -0.39 is 48.3 Å². The van der Waals surface area contributed by atoms with Crippen LogP contribution in [0.1, 0.15) is 51.9 Å². The number of hydrogen-bond acceptors (Lipinski definition) is 5. The molecule has 0 radical (unpaired) electrons. The van der Waals surface area contributed by atoms with Gasteiger partial charge in [0.1, 0.15) is 12.1 Å². The molecule has 6 N–H and O–H groups in total. The predicted octanol–water partition coefficient (Wildman–Crippen LogP) is -0.167. The molecule has 1 saturated carbocycles. The van der Waals surface area contributed by atoms with Gasteiger partial charge >= 0.3 is 11.9 Å². The SMILES string of the molecule is C[C@H](N)C(=O)N[C@@H](CC(=O)O)C(=O)N[C@@H](CC1CCCCC1)C(=O)O. The van der Waals surface area contributed by atoms with Gasteiger partial charge in [0.2, 0.25) is 11.8 Å². The Hall–Kier alpha value is -2.16. The lowest BCUT2D eigenvalue weighted by Gasteiger charge is -2.26. The van der Waals surface area contributed by atoms with E-state index in [4.69, 9.17) is 10.8 Å². The average molecular weight is 357 g/mol. The number of hydrogen-bond donors (Lipinski definition) is 5. The number of nitrogens with one attached hydrogen (secondary N) is 2. The normalized spacial score (nSPS) is 18.6. The molecule has 25 heavy (non-hydrogen) atoms. The molecule has 9 heteroatoms. The van der Waals surface area contributed by atoms with E-state index in [1.54, 1.807) is 0 Å². The first-order valence-corrected chi connectivity index (χ1v) is 8.51. The van der Waals surface area contributed by atoms with Crippen LogP contribution in [0.25, 0.3) is 0 Å². The van der Waals surface area contributed by atoms with Crippen LogP contribution in [0.3, 0.4) is 0 Å². The van der Waals surface area contributed by atoms with Crippen molar-refractivity contribution >= 4 is 23.8 Å². The molecule has 3 atom stereocenters. The molecule has 1 aliphatic carbocycles. The molecule has 1 aliphatic rings. The molecule has 142 valence electrons. The molecule has 0 saturated heterocycles. The summed E-state index contributed by atoms with van der Waals surface area (Å²) in [5, 5.41) is 22.9. The molecule has 0 aliphatic heterocycles. The Balaban J connectivity index is 2.73. The third-order valence-electron chi connectivity index (χ3n) is 4.33. The molecule has 0 bridgehead atoms. The quantitative estimate of drug-likeness (QED) is 0.383. The monoisotopic (exact) mass is 357 g/mol. The van der Waals surface area contributed by atoms with Crippen LogP contribution in [-0.2, 0) is 19.2 Å². The second-order valence-corrected chi connectivity index (χ2v) is 6.59. The van der Waals surface area contributed by atoms with Crippen LogP contribution >= 0.6 is 0 Å². The zero-order chi connectivity index (χ0) is 19.0. The highest BCUT2D eigenvalue weighted by Gasteiger charge is 2.30. The van der Waals surface area contributed by atoms with Gasteiger partial charge in [0.05, 0.1) is 12.5 Å². The third-order valence-corrected chi connectivity index (χ3v) is 4.33. The first-order valence-electron chi connectivity index (χ1n) is 8.51. The highest BCUT2D eigenvalue weighted by atomic mass is 16.4. The zero-order valence-corrected chi connectivity index (χ0v) is 14.4. The Bertz CT molecular complexity index is 502. The van der Waals surface area contributed by atoms with Crippen molar-refractivity contribution in [1.29, 1.82) is 0 Å². The van der Waals surface area contributed by atoms with Gasteiger partial charge in [-0.15, -0.1) is 0 Å². The molecule has 0 aromatic carbocycles. The van der Waals surface area contributed by atoms with Crippen molar-refractivity contribution in [2.75, 3.05) is 0 Å². The summed E-state index contributed by atoms with van der Waals surface area (Å²) in [7, 11) is 0. The molecule has 0 unspecified atom stereocenters. The van der Waals surface area contributed by atoms with Crippen molar-refractivity contribution in [3.8, 4) is 0 Å². The standard InChI is InChI=1S/C16H27N3O6/c1-9(17)14(22)18-11(8-13(20)21)15(23)19-12(16(24)25)7-10-5-3-2-4-6-10/h9-12H,2-8,17H2,1H3,(H,18,22)(H,19,23)(H,20,21)(H,24,25)/t9-,11-,12-/m0/s1. The first-order chi connectivity index (χ1) is 11.7. The maximum absolute atomic E-state index is 12.3. The van der Waals surface area contributed by atoms with Crippen molar-refractivity contribution < 1.29 is 29.4 Å². The van der Waals surface area contributed by atoms with Crippen LogP contribution in [0.4, 0.5) is 0 Å². The number of carboxylic acids is 2. The predicted molar refractivity (Wildman–Crippen MR) is 88.6 cm³/mol. The number of carbonyl (C=O) groups is 4. The van der Waals surface area contributed by atoms with Crippen molar-refractivity contribution in [2.45, 2.75) is 70.0 Å². The van der Waals surface area contributed by atoms with Gasteiger partial charge in [0.15, 0.2) is 0 Å². The topological polar surface area (TPSA) is 159 Å². The summed E-state index contributed by atoms with van der Waals surface area (Å²) in [6.07, 6.45) is 4.68. The summed E-state index contributed by atoms with van der Waals surface area (Å²) in [5.41, 5.74) is 5.40. The Morgan fingerprint density at radius 2 is 1.56 bits per heavy atom. The minimum atomic E-state index is -1.37. The fourth-order valence-electron chi connectivity index (χ4n) is 2.94. The van der Waals surface area contributed by atoms with E-state index >= 15 is 0 Å². The van der Waals surface area contributed by atoms with E-state index in [9.17, 15) is 24.3 Å². The molecule has 0 aromatic heterocycles. The van der Waals surface area contributed by atoms with Gasteiger partial charge in [0, 0.05) is 0 Å². The molecular weight excluding hydrogens is 330 g/mol. The van der Waals surface area contributed by atoms with Crippen LogP contribution in [0, 0.1) is 5.92 Å². The van der Waals surface area contributed by atoms with Crippen LogP contribution in [-0.4, -0.2) is 52.1 Å². The molecule has 2 amide bonds. The van der Waals surface area contributed by atoms with E-state index in [1.807, 2.05) is 0 Å². The van der Waals surface area contributed by atoms with Crippen molar-refractivity contribution in [3.63, 3.8) is 0 Å². The van der Waals surface area contributed by atoms with Gasteiger partial charge in [0.25, 0.3) is 0 Å². The highest BCUT2D eigenvalue weighted by molar-refractivity contribution is 5.93. The van der Waals surface area contributed by atoms with Gasteiger partial charge < -0.3 is 26.6 Å².